The van der Waals surface area contributed by atoms with Gasteiger partial charge in [-0.3, -0.25) is 20.0 Å². The number of carbonyl (C=O) groups excluding carboxylic acids is 1. The summed E-state index contributed by atoms with van der Waals surface area (Å²) in [5, 5.41) is 9.43. The molecule has 0 unspecified atom stereocenters. The van der Waals surface area contributed by atoms with E-state index in [0.717, 1.165) is 22.4 Å². The van der Waals surface area contributed by atoms with E-state index in [2.05, 4.69) is 30.9 Å². The molecule has 0 saturated carbocycles. The van der Waals surface area contributed by atoms with Crippen LogP contribution in [0, 0.1) is 0 Å². The van der Waals surface area contributed by atoms with E-state index in [1.54, 1.807) is 61.8 Å². The maximum atomic E-state index is 12.9. The standard InChI is InChI=1S/C29H29N7O4S/c1-40-24-13-9-21(10-14-24)27(37)35-29-34-25-5-3-4-6-26(25)36(29)19-30-17-23-15-16-31-28(33-23)32-22-11-7-20(8-12-22)18-41(2,38)39/h3-16,30H,17-19H2,1-2H3,(H,31,32,33)(H,34,35,37). The van der Waals surface area contributed by atoms with Crippen LogP contribution in [-0.4, -0.2) is 47.2 Å². The van der Waals surface area contributed by atoms with Crippen LogP contribution >= 0.6 is 0 Å². The van der Waals surface area contributed by atoms with Gasteiger partial charge in [0.2, 0.25) is 11.9 Å². The van der Waals surface area contributed by atoms with Gasteiger partial charge < -0.3 is 10.1 Å². The molecule has 12 heteroatoms. The Balaban J connectivity index is 1.25. The maximum Gasteiger partial charge on any atom is 0.257 e. The maximum absolute atomic E-state index is 12.9. The van der Waals surface area contributed by atoms with Crippen molar-refractivity contribution in [2.45, 2.75) is 19.0 Å². The molecule has 0 fully saturated rings. The fourth-order valence-corrected chi connectivity index (χ4v) is 5.01. The largest absolute Gasteiger partial charge is 0.497 e. The van der Waals surface area contributed by atoms with Crippen molar-refractivity contribution in [1.29, 1.82) is 0 Å². The van der Waals surface area contributed by atoms with Gasteiger partial charge in [0, 0.05) is 30.2 Å². The first-order chi connectivity index (χ1) is 19.8. The number of amides is 1. The zero-order valence-corrected chi connectivity index (χ0v) is 23.4. The summed E-state index contributed by atoms with van der Waals surface area (Å²) in [4.78, 5) is 26.4. The highest BCUT2D eigenvalue weighted by Gasteiger charge is 2.15. The molecule has 41 heavy (non-hydrogen) atoms. The van der Waals surface area contributed by atoms with Crippen molar-refractivity contribution in [3.05, 3.63) is 102 Å². The number of benzene rings is 3. The SMILES string of the molecule is COc1ccc(C(=O)Nc2nc3ccccc3n2CNCc2ccnc(Nc3ccc(CS(C)(=O)=O)cc3)n2)cc1. The number of methoxy groups -OCH3 is 1. The van der Waals surface area contributed by atoms with Gasteiger partial charge in [0.25, 0.3) is 5.91 Å². The molecule has 0 bridgehead atoms. The van der Waals surface area contributed by atoms with Crippen molar-refractivity contribution in [2.24, 2.45) is 0 Å². The molecule has 5 aromatic rings. The lowest BCUT2D eigenvalue weighted by molar-refractivity contribution is 0.102. The van der Waals surface area contributed by atoms with Gasteiger partial charge in [-0.05, 0) is 60.2 Å². The van der Waals surface area contributed by atoms with Gasteiger partial charge in [0.1, 0.15) is 5.75 Å². The molecule has 0 radical (unpaired) electrons. The molecule has 3 aromatic carbocycles. The van der Waals surface area contributed by atoms with Crippen LogP contribution in [0.15, 0.2) is 85.1 Å². The number of hydrogen-bond acceptors (Lipinski definition) is 9. The smallest absolute Gasteiger partial charge is 0.257 e. The Morgan fingerprint density at radius 3 is 2.44 bits per heavy atom. The van der Waals surface area contributed by atoms with Gasteiger partial charge in [-0.2, -0.15) is 0 Å². The Hall–Kier alpha value is -4.81. The molecular weight excluding hydrogens is 542 g/mol. The van der Waals surface area contributed by atoms with Crippen LogP contribution in [0.1, 0.15) is 21.6 Å². The molecule has 0 saturated heterocycles. The minimum atomic E-state index is -3.10. The number of nitrogens with one attached hydrogen (secondary N) is 3. The lowest BCUT2D eigenvalue weighted by Gasteiger charge is -2.12. The van der Waals surface area contributed by atoms with Gasteiger partial charge >= 0.3 is 0 Å². The summed E-state index contributed by atoms with van der Waals surface area (Å²) in [5.74, 6) is 1.22. The molecule has 2 heterocycles. The van der Waals surface area contributed by atoms with Crippen molar-refractivity contribution < 1.29 is 17.9 Å². The van der Waals surface area contributed by atoms with Gasteiger partial charge in [0.05, 0.1) is 36.3 Å². The molecule has 0 spiro atoms. The molecule has 3 N–H and O–H groups in total. The zero-order chi connectivity index (χ0) is 28.8. The van der Waals surface area contributed by atoms with Crippen molar-refractivity contribution in [2.75, 3.05) is 24.0 Å². The molecule has 11 nitrogen and oxygen atoms in total. The number of sulfone groups is 1. The molecule has 210 valence electrons. The summed E-state index contributed by atoms with van der Waals surface area (Å²) < 4.78 is 30.1. The second-order valence-electron chi connectivity index (χ2n) is 9.38. The Kier molecular flexibility index (Phi) is 8.22. The molecular formula is C29H29N7O4S. The topological polar surface area (TPSA) is 140 Å². The van der Waals surface area contributed by atoms with Crippen molar-refractivity contribution in [3.8, 4) is 5.75 Å². The Morgan fingerprint density at radius 1 is 0.951 bits per heavy atom. The number of para-hydroxylation sites is 2. The van der Waals surface area contributed by atoms with Crippen LogP contribution in [0.25, 0.3) is 11.0 Å². The zero-order valence-electron chi connectivity index (χ0n) is 22.5. The minimum absolute atomic E-state index is 0.00991. The third-order valence-corrected chi connectivity index (χ3v) is 7.02. The predicted octanol–water partition coefficient (Wildman–Crippen LogP) is 4.12. The van der Waals surface area contributed by atoms with Crippen LogP contribution in [0.4, 0.5) is 17.6 Å². The fraction of sp³-hybridized carbons (Fsp3) is 0.172. The van der Waals surface area contributed by atoms with E-state index in [9.17, 15) is 13.2 Å². The Bertz CT molecular complexity index is 1770. The first-order valence-electron chi connectivity index (χ1n) is 12.7. The van der Waals surface area contributed by atoms with Crippen molar-refractivity contribution in [3.63, 3.8) is 0 Å². The number of fused-ring (bicyclic) bond motifs is 1. The summed E-state index contributed by atoms with van der Waals surface area (Å²) in [6, 6.07) is 23.4. The highest BCUT2D eigenvalue weighted by atomic mass is 32.2. The molecule has 0 atom stereocenters. The summed E-state index contributed by atoms with van der Waals surface area (Å²) in [7, 11) is -1.52. The lowest BCUT2D eigenvalue weighted by Crippen LogP contribution is -2.22. The van der Waals surface area contributed by atoms with E-state index in [1.807, 2.05) is 34.9 Å². The number of imidazole rings is 1. The van der Waals surface area contributed by atoms with Crippen molar-refractivity contribution >= 4 is 44.4 Å². The molecule has 5 rings (SSSR count). The summed E-state index contributed by atoms with van der Waals surface area (Å²) in [5.41, 5.74) is 4.33. The van der Waals surface area contributed by atoms with Gasteiger partial charge in [-0.25, -0.2) is 23.4 Å². The number of anilines is 3. The normalized spacial score (nSPS) is 11.4. The monoisotopic (exact) mass is 571 g/mol. The molecule has 0 aliphatic rings. The number of hydrogen-bond donors (Lipinski definition) is 3. The van der Waals surface area contributed by atoms with Gasteiger partial charge in [-0.1, -0.05) is 24.3 Å². The van der Waals surface area contributed by atoms with Crippen LogP contribution < -0.4 is 20.7 Å². The van der Waals surface area contributed by atoms with E-state index >= 15 is 0 Å². The van der Waals surface area contributed by atoms with Crippen LogP contribution in [0.2, 0.25) is 0 Å². The fourth-order valence-electron chi connectivity index (χ4n) is 4.21. The summed E-state index contributed by atoms with van der Waals surface area (Å²) in [6.45, 7) is 0.802. The summed E-state index contributed by atoms with van der Waals surface area (Å²) >= 11 is 0. The number of nitrogens with zero attached hydrogens (tertiary/aromatic N) is 4. The van der Waals surface area contributed by atoms with Crippen LogP contribution in [0.3, 0.4) is 0 Å². The molecule has 2 aromatic heterocycles. The van der Waals surface area contributed by atoms with E-state index in [1.165, 1.54) is 6.26 Å². The van der Waals surface area contributed by atoms with Crippen LogP contribution in [0.5, 0.6) is 5.75 Å². The van der Waals surface area contributed by atoms with E-state index < -0.39 is 9.84 Å². The highest BCUT2D eigenvalue weighted by molar-refractivity contribution is 7.89. The van der Waals surface area contributed by atoms with E-state index in [0.29, 0.717) is 42.0 Å². The first kappa shape index (κ1) is 27.7. The average molecular weight is 572 g/mol. The van der Waals surface area contributed by atoms with Crippen molar-refractivity contribution in [1.82, 2.24) is 24.8 Å². The predicted molar refractivity (Wildman–Crippen MR) is 158 cm³/mol. The highest BCUT2D eigenvalue weighted by Crippen LogP contribution is 2.21. The number of carbonyl (C=O) groups is 1. The Morgan fingerprint density at radius 2 is 1.71 bits per heavy atom. The summed E-state index contributed by atoms with van der Waals surface area (Å²) in [6.07, 6.45) is 2.87. The second kappa shape index (κ2) is 12.1. The second-order valence-corrected chi connectivity index (χ2v) is 11.5. The lowest BCUT2D eigenvalue weighted by atomic mass is 10.2. The third-order valence-electron chi connectivity index (χ3n) is 6.16. The minimum Gasteiger partial charge on any atom is -0.497 e. The molecule has 0 aliphatic carbocycles. The van der Waals surface area contributed by atoms with Gasteiger partial charge in [-0.15, -0.1) is 0 Å². The Labute approximate surface area is 237 Å². The number of rotatable bonds is 11. The number of aromatic nitrogens is 4. The number of ether oxygens (including phenoxy) is 1. The third kappa shape index (κ3) is 7.24. The average Bonchev–Trinajstić information content (AvgIpc) is 3.30. The van der Waals surface area contributed by atoms with Crippen LogP contribution in [-0.2, 0) is 28.8 Å². The molecule has 1 amide bonds. The van der Waals surface area contributed by atoms with Gasteiger partial charge in [0.15, 0.2) is 9.84 Å². The van der Waals surface area contributed by atoms with E-state index in [4.69, 9.17) is 4.74 Å². The molecule has 0 aliphatic heterocycles. The van der Waals surface area contributed by atoms with E-state index in [-0.39, 0.29) is 11.7 Å². The first-order valence-corrected chi connectivity index (χ1v) is 14.8. The quantitative estimate of drug-likeness (QED) is 0.214.